The molecule has 1 aliphatic heterocycles. The van der Waals surface area contributed by atoms with Crippen molar-refractivity contribution in [3.8, 4) is 11.3 Å². The zero-order valence-corrected chi connectivity index (χ0v) is 20.0. The third-order valence-corrected chi connectivity index (χ3v) is 7.56. The Kier molecular flexibility index (Phi) is 5.07. The maximum atomic E-state index is 13.2. The molecule has 6 rings (SSSR count). The number of amides is 1. The molecular weight excluding hydrogens is 442 g/mol. The van der Waals surface area contributed by atoms with Gasteiger partial charge in [0.25, 0.3) is 5.91 Å². The summed E-state index contributed by atoms with van der Waals surface area (Å²) in [5.74, 6) is 1.06. The van der Waals surface area contributed by atoms with Gasteiger partial charge in [-0.2, -0.15) is 0 Å². The minimum Gasteiger partial charge on any atom is -0.353 e. The van der Waals surface area contributed by atoms with Crippen LogP contribution >= 0.6 is 11.3 Å². The Morgan fingerprint density at radius 1 is 0.971 bits per heavy atom. The van der Waals surface area contributed by atoms with E-state index in [2.05, 4.69) is 52.5 Å². The molecule has 34 heavy (non-hydrogen) atoms. The van der Waals surface area contributed by atoms with E-state index in [4.69, 9.17) is 4.98 Å². The van der Waals surface area contributed by atoms with Crippen LogP contribution in [0.2, 0.25) is 0 Å². The Bertz CT molecular complexity index is 1510. The van der Waals surface area contributed by atoms with Gasteiger partial charge in [-0.3, -0.25) is 9.20 Å². The molecule has 0 spiro atoms. The first-order valence-corrected chi connectivity index (χ1v) is 12.3. The second kappa shape index (κ2) is 8.25. The van der Waals surface area contributed by atoms with E-state index >= 15 is 0 Å². The molecule has 170 valence electrons. The number of hydrogen-bond acceptors (Lipinski definition) is 5. The summed E-state index contributed by atoms with van der Waals surface area (Å²) in [4.78, 5) is 27.7. The summed E-state index contributed by atoms with van der Waals surface area (Å²) in [6.07, 6.45) is 3.91. The number of hydrogen-bond donors (Lipinski definition) is 0. The molecule has 0 unspecified atom stereocenters. The summed E-state index contributed by atoms with van der Waals surface area (Å²) < 4.78 is 3.21. The van der Waals surface area contributed by atoms with E-state index in [1.54, 1.807) is 11.3 Å². The highest BCUT2D eigenvalue weighted by molar-refractivity contribution is 7.23. The maximum absolute atomic E-state index is 13.2. The van der Waals surface area contributed by atoms with E-state index in [1.807, 2.05) is 47.5 Å². The van der Waals surface area contributed by atoms with E-state index < -0.39 is 0 Å². The minimum atomic E-state index is 0.0876. The fourth-order valence-corrected chi connectivity index (χ4v) is 5.77. The number of rotatable bonds is 3. The quantitative estimate of drug-likeness (QED) is 0.366. The molecule has 5 aromatic rings. The predicted molar refractivity (Wildman–Crippen MR) is 138 cm³/mol. The summed E-state index contributed by atoms with van der Waals surface area (Å²) >= 11 is 1.63. The Labute approximate surface area is 202 Å². The fraction of sp³-hybridized carbons (Fsp3) is 0.222. The number of nitrogens with zero attached hydrogens (tertiary/aromatic N) is 5. The molecule has 7 heteroatoms. The largest absolute Gasteiger partial charge is 0.353 e. The fourth-order valence-electron chi connectivity index (χ4n) is 4.73. The molecule has 0 bridgehead atoms. The highest BCUT2D eigenvalue weighted by atomic mass is 32.1. The number of carbonyl (C=O) groups excluding carboxylic acids is 1. The molecule has 6 nitrogen and oxygen atoms in total. The maximum Gasteiger partial charge on any atom is 0.254 e. The molecule has 0 atom stereocenters. The van der Waals surface area contributed by atoms with Crippen LogP contribution in [0, 0.1) is 13.8 Å². The number of aromatic nitrogens is 3. The first kappa shape index (κ1) is 20.9. The van der Waals surface area contributed by atoms with Crippen molar-refractivity contribution in [3.63, 3.8) is 0 Å². The van der Waals surface area contributed by atoms with Gasteiger partial charge in [0.2, 0.25) is 0 Å². The lowest BCUT2D eigenvalue weighted by Gasteiger charge is -2.35. The molecule has 1 fully saturated rings. The van der Waals surface area contributed by atoms with Crippen LogP contribution in [0.15, 0.2) is 67.0 Å². The zero-order chi connectivity index (χ0) is 23.2. The molecule has 2 aromatic carbocycles. The van der Waals surface area contributed by atoms with Gasteiger partial charge in [-0.25, -0.2) is 9.97 Å². The number of pyridine rings is 1. The highest BCUT2D eigenvalue weighted by Crippen LogP contribution is 2.31. The summed E-state index contributed by atoms with van der Waals surface area (Å²) in [5, 5.41) is 0. The Hall–Kier alpha value is -3.71. The average molecular weight is 468 g/mol. The monoisotopic (exact) mass is 467 g/mol. The number of thiazole rings is 1. The third kappa shape index (κ3) is 3.62. The standard InChI is InChI=1S/C27H25N5OS/c1-18-6-8-21(19(2)15-18)22-17-32-23-9-7-20(16-24(23)34-27(32)29-22)26(33)31-13-11-30(12-14-31)25-5-3-4-10-28-25/h3-10,15-17H,11-14H2,1-2H3. The van der Waals surface area contributed by atoms with Crippen molar-refractivity contribution in [1.29, 1.82) is 0 Å². The molecule has 0 radical (unpaired) electrons. The molecule has 4 heterocycles. The third-order valence-electron chi connectivity index (χ3n) is 6.54. The molecule has 0 saturated carbocycles. The number of anilines is 1. The predicted octanol–water partition coefficient (Wildman–Crippen LogP) is 5.19. The minimum absolute atomic E-state index is 0.0876. The van der Waals surface area contributed by atoms with Gasteiger partial charge in [-0.05, 0) is 49.7 Å². The SMILES string of the molecule is Cc1ccc(-c2cn3c(n2)sc2cc(C(=O)N4CCN(c5ccccn5)CC4)ccc23)c(C)c1. The lowest BCUT2D eigenvalue weighted by Crippen LogP contribution is -2.49. The van der Waals surface area contributed by atoms with Crippen molar-refractivity contribution in [2.24, 2.45) is 0 Å². The van der Waals surface area contributed by atoms with Crippen molar-refractivity contribution >= 4 is 38.2 Å². The Morgan fingerprint density at radius 2 is 1.82 bits per heavy atom. The van der Waals surface area contributed by atoms with Crippen LogP contribution in [0.1, 0.15) is 21.5 Å². The lowest BCUT2D eigenvalue weighted by molar-refractivity contribution is 0.0746. The van der Waals surface area contributed by atoms with Crippen LogP contribution in [0.25, 0.3) is 26.4 Å². The summed E-state index contributed by atoms with van der Waals surface area (Å²) in [7, 11) is 0. The number of fused-ring (bicyclic) bond motifs is 3. The van der Waals surface area contributed by atoms with Crippen LogP contribution in [-0.2, 0) is 0 Å². The average Bonchev–Trinajstić information content (AvgIpc) is 3.42. The van der Waals surface area contributed by atoms with E-state index in [9.17, 15) is 4.79 Å². The summed E-state index contributed by atoms with van der Waals surface area (Å²) in [6.45, 7) is 7.20. The smallest absolute Gasteiger partial charge is 0.254 e. The van der Waals surface area contributed by atoms with Crippen LogP contribution in [0.4, 0.5) is 5.82 Å². The van der Waals surface area contributed by atoms with Gasteiger partial charge in [-0.1, -0.05) is 41.2 Å². The van der Waals surface area contributed by atoms with Gasteiger partial charge >= 0.3 is 0 Å². The van der Waals surface area contributed by atoms with Gasteiger partial charge in [0.15, 0.2) is 4.96 Å². The highest BCUT2D eigenvalue weighted by Gasteiger charge is 2.23. The van der Waals surface area contributed by atoms with E-state index in [0.29, 0.717) is 13.1 Å². The number of aryl methyl sites for hydroxylation is 2. The molecule has 0 N–H and O–H groups in total. The van der Waals surface area contributed by atoms with Crippen molar-refractivity contribution in [3.05, 3.63) is 83.7 Å². The molecular formula is C27H25N5OS. The van der Waals surface area contributed by atoms with Crippen LogP contribution < -0.4 is 4.90 Å². The second-order valence-electron chi connectivity index (χ2n) is 8.85. The molecule has 1 saturated heterocycles. The molecule has 1 aliphatic rings. The first-order valence-electron chi connectivity index (χ1n) is 11.5. The molecule has 3 aromatic heterocycles. The van der Waals surface area contributed by atoms with Gasteiger partial charge < -0.3 is 9.80 Å². The van der Waals surface area contributed by atoms with Crippen molar-refractivity contribution in [2.45, 2.75) is 13.8 Å². The normalized spacial score (nSPS) is 14.3. The van der Waals surface area contributed by atoms with Crippen molar-refractivity contribution in [1.82, 2.24) is 19.3 Å². The summed E-state index contributed by atoms with van der Waals surface area (Å²) in [6, 6.07) is 18.4. The zero-order valence-electron chi connectivity index (χ0n) is 19.2. The lowest BCUT2D eigenvalue weighted by atomic mass is 10.0. The molecule has 1 amide bonds. The van der Waals surface area contributed by atoms with Crippen molar-refractivity contribution < 1.29 is 4.79 Å². The van der Waals surface area contributed by atoms with Crippen LogP contribution in [0.3, 0.4) is 0 Å². The summed E-state index contributed by atoms with van der Waals surface area (Å²) in [5.41, 5.74) is 6.44. The van der Waals surface area contributed by atoms with E-state index in [1.165, 1.54) is 11.1 Å². The van der Waals surface area contributed by atoms with Crippen LogP contribution in [0.5, 0.6) is 0 Å². The second-order valence-corrected chi connectivity index (χ2v) is 9.86. The molecule has 0 aliphatic carbocycles. The van der Waals surface area contributed by atoms with Gasteiger partial charge in [0.1, 0.15) is 5.82 Å². The number of piperazine rings is 1. The topological polar surface area (TPSA) is 53.7 Å². The Morgan fingerprint density at radius 3 is 2.59 bits per heavy atom. The Balaban J connectivity index is 1.23. The number of imidazole rings is 1. The van der Waals surface area contributed by atoms with Gasteiger partial charge in [-0.15, -0.1) is 0 Å². The number of benzene rings is 2. The van der Waals surface area contributed by atoms with E-state index in [0.717, 1.165) is 50.9 Å². The first-order chi connectivity index (χ1) is 16.6. The van der Waals surface area contributed by atoms with Crippen LogP contribution in [-0.4, -0.2) is 51.4 Å². The van der Waals surface area contributed by atoms with Crippen molar-refractivity contribution in [2.75, 3.05) is 31.1 Å². The van der Waals surface area contributed by atoms with Gasteiger partial charge in [0, 0.05) is 49.7 Å². The van der Waals surface area contributed by atoms with E-state index in [-0.39, 0.29) is 5.91 Å². The van der Waals surface area contributed by atoms with Gasteiger partial charge in [0.05, 0.1) is 15.9 Å². The number of carbonyl (C=O) groups is 1.